The second kappa shape index (κ2) is 11.6. The third-order valence-electron chi connectivity index (χ3n) is 7.13. The summed E-state index contributed by atoms with van der Waals surface area (Å²) >= 11 is 1.59. The van der Waals surface area contributed by atoms with Gasteiger partial charge >= 0.3 is 0 Å². The summed E-state index contributed by atoms with van der Waals surface area (Å²) < 4.78 is 5.91. The van der Waals surface area contributed by atoms with Crippen LogP contribution in [0.15, 0.2) is 83.8 Å². The molecule has 0 radical (unpaired) electrons. The molecule has 1 heterocycles. The highest BCUT2D eigenvalue weighted by molar-refractivity contribution is 8.05. The maximum absolute atomic E-state index is 13.7. The molecule has 3 aromatic carbocycles. The number of thioether (sulfide) groups is 1. The van der Waals surface area contributed by atoms with Crippen LogP contribution in [0, 0.1) is 17.2 Å². The number of hydrogen-bond acceptors (Lipinski definition) is 5. The summed E-state index contributed by atoms with van der Waals surface area (Å²) in [4.78, 5) is 16.5. The standard InChI is InChI=1S/C31H31N3O2S/c1-22-9-5-8-14-28(22)34-30(35)29(37-31(34)33-26-12-3-2-4-13-26)19-23-15-17-27(18-16-23)36-21-25-11-7-6-10-24(25)20-32/h2-4,6-7,10-13,15-19,22,28,31,33H,5,8-9,14,21H2,1H3/b29-19-/t22-,28-,31?/m0/s1. The van der Waals surface area contributed by atoms with Crippen molar-refractivity contribution in [3.05, 3.63) is 100 Å². The van der Waals surface area contributed by atoms with E-state index in [1.54, 1.807) is 17.8 Å². The van der Waals surface area contributed by atoms with E-state index < -0.39 is 0 Å². The van der Waals surface area contributed by atoms with E-state index in [9.17, 15) is 10.1 Å². The molecule has 1 aliphatic heterocycles. The zero-order valence-electron chi connectivity index (χ0n) is 21.0. The summed E-state index contributed by atoms with van der Waals surface area (Å²) in [5.41, 5.74) is 3.32. The van der Waals surface area contributed by atoms with Crippen molar-refractivity contribution in [2.45, 2.75) is 50.8 Å². The third-order valence-corrected chi connectivity index (χ3v) is 8.25. The monoisotopic (exact) mass is 509 g/mol. The van der Waals surface area contributed by atoms with Crippen LogP contribution in [0.5, 0.6) is 5.75 Å². The fraction of sp³-hybridized carbons (Fsp3) is 0.290. The van der Waals surface area contributed by atoms with Crippen molar-refractivity contribution < 1.29 is 9.53 Å². The number of anilines is 1. The zero-order valence-corrected chi connectivity index (χ0v) is 21.8. The molecule has 3 aromatic rings. The molecule has 3 atom stereocenters. The van der Waals surface area contributed by atoms with E-state index in [0.717, 1.165) is 40.3 Å². The smallest absolute Gasteiger partial charge is 0.262 e. The molecule has 1 saturated heterocycles. The van der Waals surface area contributed by atoms with Gasteiger partial charge in [0.15, 0.2) is 5.50 Å². The predicted molar refractivity (Wildman–Crippen MR) is 150 cm³/mol. The van der Waals surface area contributed by atoms with Crippen molar-refractivity contribution in [1.82, 2.24) is 4.90 Å². The van der Waals surface area contributed by atoms with Gasteiger partial charge in [-0.3, -0.25) is 4.79 Å². The molecule has 1 unspecified atom stereocenters. The van der Waals surface area contributed by atoms with Crippen LogP contribution < -0.4 is 10.1 Å². The Bertz CT molecular complexity index is 1300. The molecule has 5 nitrogen and oxygen atoms in total. The number of para-hydroxylation sites is 1. The molecule has 0 bridgehead atoms. The molecule has 1 amide bonds. The van der Waals surface area contributed by atoms with E-state index >= 15 is 0 Å². The molecule has 0 aromatic heterocycles. The molecule has 1 aliphatic carbocycles. The van der Waals surface area contributed by atoms with Crippen molar-refractivity contribution in [3.63, 3.8) is 0 Å². The maximum atomic E-state index is 13.7. The maximum Gasteiger partial charge on any atom is 0.262 e. The average molecular weight is 510 g/mol. The van der Waals surface area contributed by atoms with E-state index in [4.69, 9.17) is 4.74 Å². The first-order valence-corrected chi connectivity index (χ1v) is 13.7. The first kappa shape index (κ1) is 25.0. The summed E-state index contributed by atoms with van der Waals surface area (Å²) in [6.45, 7) is 2.61. The minimum absolute atomic E-state index is 0.102. The van der Waals surface area contributed by atoms with Gasteiger partial charge in [-0.15, -0.1) is 0 Å². The molecule has 37 heavy (non-hydrogen) atoms. The second-order valence-electron chi connectivity index (χ2n) is 9.66. The Kier molecular flexibility index (Phi) is 7.82. The average Bonchev–Trinajstić information content (AvgIpc) is 3.23. The van der Waals surface area contributed by atoms with Crippen LogP contribution in [0.3, 0.4) is 0 Å². The zero-order chi connectivity index (χ0) is 25.6. The number of nitrogens with one attached hydrogen (secondary N) is 1. The molecule has 1 saturated carbocycles. The predicted octanol–water partition coefficient (Wildman–Crippen LogP) is 7.03. The van der Waals surface area contributed by atoms with Crippen LogP contribution in [0.1, 0.15) is 49.3 Å². The SMILES string of the molecule is C[C@H]1CCCC[C@@H]1N1C(=O)/C(=C/c2ccc(OCc3ccccc3C#N)cc2)SC1Nc1ccccc1. The van der Waals surface area contributed by atoms with Crippen molar-refractivity contribution >= 4 is 29.4 Å². The van der Waals surface area contributed by atoms with Crippen molar-refractivity contribution in [1.29, 1.82) is 5.26 Å². The van der Waals surface area contributed by atoms with Crippen LogP contribution >= 0.6 is 11.8 Å². The van der Waals surface area contributed by atoms with Gasteiger partial charge in [-0.25, -0.2) is 0 Å². The highest BCUT2D eigenvalue weighted by atomic mass is 32.2. The Balaban J connectivity index is 1.32. The van der Waals surface area contributed by atoms with E-state index in [-0.39, 0.29) is 17.4 Å². The number of carbonyl (C=O) groups excluding carboxylic acids is 1. The third kappa shape index (κ3) is 5.84. The minimum Gasteiger partial charge on any atom is -0.489 e. The van der Waals surface area contributed by atoms with E-state index in [1.807, 2.05) is 78.9 Å². The lowest BCUT2D eigenvalue weighted by atomic mass is 9.85. The second-order valence-corrected chi connectivity index (χ2v) is 10.8. The Morgan fingerprint density at radius 1 is 1.03 bits per heavy atom. The number of hydrogen-bond donors (Lipinski definition) is 1. The lowest BCUT2D eigenvalue weighted by molar-refractivity contribution is -0.129. The van der Waals surface area contributed by atoms with Crippen molar-refractivity contribution in [2.24, 2.45) is 5.92 Å². The fourth-order valence-electron chi connectivity index (χ4n) is 5.10. The van der Waals surface area contributed by atoms with Gasteiger partial charge in [0.05, 0.1) is 16.5 Å². The van der Waals surface area contributed by atoms with Crippen LogP contribution in [-0.4, -0.2) is 22.3 Å². The normalized spacial score (nSPS) is 22.6. The number of nitriles is 1. The highest BCUT2D eigenvalue weighted by Crippen LogP contribution is 2.42. The molecular weight excluding hydrogens is 478 g/mol. The van der Waals surface area contributed by atoms with Gasteiger partial charge in [0.25, 0.3) is 5.91 Å². The first-order chi connectivity index (χ1) is 18.1. The van der Waals surface area contributed by atoms with Gasteiger partial charge in [0.2, 0.25) is 0 Å². The molecule has 1 N–H and O–H groups in total. The van der Waals surface area contributed by atoms with Gasteiger partial charge in [-0.1, -0.05) is 80.1 Å². The Morgan fingerprint density at radius 3 is 2.51 bits per heavy atom. The quantitative estimate of drug-likeness (QED) is 0.347. The molecule has 2 aliphatic rings. The topological polar surface area (TPSA) is 65.4 Å². The number of ether oxygens (including phenoxy) is 1. The molecule has 0 spiro atoms. The van der Waals surface area contributed by atoms with Gasteiger partial charge in [0, 0.05) is 17.3 Å². The van der Waals surface area contributed by atoms with Crippen molar-refractivity contribution in [2.75, 3.05) is 5.32 Å². The van der Waals surface area contributed by atoms with Crippen molar-refractivity contribution in [3.8, 4) is 11.8 Å². The molecule has 6 heteroatoms. The number of benzene rings is 3. The summed E-state index contributed by atoms with van der Waals surface area (Å²) in [5.74, 6) is 1.31. The van der Waals surface area contributed by atoms with E-state index in [2.05, 4.69) is 23.2 Å². The largest absolute Gasteiger partial charge is 0.489 e. The molecule has 2 fully saturated rings. The first-order valence-electron chi connectivity index (χ1n) is 12.9. The van der Waals surface area contributed by atoms with Crippen LogP contribution in [0.25, 0.3) is 6.08 Å². The summed E-state index contributed by atoms with van der Waals surface area (Å²) in [6, 6.07) is 27.8. The van der Waals surface area contributed by atoms with Gasteiger partial charge in [-0.2, -0.15) is 5.26 Å². The van der Waals surface area contributed by atoms with Gasteiger partial charge in [-0.05, 0) is 60.7 Å². The number of nitrogens with zero attached hydrogens (tertiary/aromatic N) is 2. The van der Waals surface area contributed by atoms with Gasteiger partial charge < -0.3 is 15.0 Å². The Labute approximate surface area is 223 Å². The number of amides is 1. The van der Waals surface area contributed by atoms with Crippen LogP contribution in [0.4, 0.5) is 5.69 Å². The molecular formula is C31H31N3O2S. The minimum atomic E-state index is -0.130. The number of carbonyl (C=O) groups is 1. The van der Waals surface area contributed by atoms with Crippen LogP contribution in [-0.2, 0) is 11.4 Å². The highest BCUT2D eigenvalue weighted by Gasteiger charge is 2.42. The Morgan fingerprint density at radius 2 is 1.76 bits per heavy atom. The molecule has 5 rings (SSSR count). The van der Waals surface area contributed by atoms with E-state index in [0.29, 0.717) is 18.1 Å². The number of rotatable bonds is 7. The lowest BCUT2D eigenvalue weighted by Gasteiger charge is -2.39. The molecule has 188 valence electrons. The van der Waals surface area contributed by atoms with E-state index in [1.165, 1.54) is 12.8 Å². The van der Waals surface area contributed by atoms with Crippen LogP contribution in [0.2, 0.25) is 0 Å². The Hall–Kier alpha value is -3.69. The summed E-state index contributed by atoms with van der Waals surface area (Å²) in [5, 5.41) is 12.9. The summed E-state index contributed by atoms with van der Waals surface area (Å²) in [7, 11) is 0. The fourth-order valence-corrected chi connectivity index (χ4v) is 6.31. The lowest BCUT2D eigenvalue weighted by Crippen LogP contribution is -2.48. The summed E-state index contributed by atoms with van der Waals surface area (Å²) in [6.07, 6.45) is 6.60. The van der Waals surface area contributed by atoms with Gasteiger partial charge in [0.1, 0.15) is 12.4 Å².